The lowest BCUT2D eigenvalue weighted by Crippen LogP contribution is -2.37. The topological polar surface area (TPSA) is 75.7 Å². The Morgan fingerprint density at radius 3 is 2.70 bits per heavy atom. The molecule has 1 saturated heterocycles. The van der Waals surface area contributed by atoms with Crippen LogP contribution in [0.15, 0.2) is 35.9 Å². The van der Waals surface area contributed by atoms with Crippen LogP contribution in [0.4, 0.5) is 4.39 Å². The number of ketones is 1. The molecule has 4 rings (SSSR count). The van der Waals surface area contributed by atoms with E-state index in [-0.39, 0.29) is 35.0 Å². The van der Waals surface area contributed by atoms with Gasteiger partial charge < -0.3 is 10.1 Å². The number of carbonyl (C=O) groups is 3. The van der Waals surface area contributed by atoms with Gasteiger partial charge in [0.2, 0.25) is 5.91 Å². The zero-order valence-corrected chi connectivity index (χ0v) is 24.6. The van der Waals surface area contributed by atoms with E-state index in [1.807, 2.05) is 12.1 Å². The van der Waals surface area contributed by atoms with Crippen LogP contribution in [0.3, 0.4) is 0 Å². The van der Waals surface area contributed by atoms with E-state index < -0.39 is 6.04 Å². The fourth-order valence-electron chi connectivity index (χ4n) is 7.02. The Kier molecular flexibility index (Phi) is 10.6. The molecule has 0 aromatic heterocycles. The van der Waals surface area contributed by atoms with E-state index in [1.165, 1.54) is 24.6 Å². The smallest absolute Gasteiger partial charge is 0.312 e. The zero-order valence-electron chi connectivity index (χ0n) is 24.6. The number of hydrogen-bond donors (Lipinski definition) is 1. The summed E-state index contributed by atoms with van der Waals surface area (Å²) in [4.78, 5) is 39.3. The molecule has 220 valence electrons. The molecular weight excluding hydrogens is 507 g/mol. The van der Waals surface area contributed by atoms with Crippen LogP contribution in [0, 0.1) is 17.2 Å². The second kappa shape index (κ2) is 13.9. The lowest BCUT2D eigenvalue weighted by molar-refractivity contribution is -0.149. The number of amides is 1. The summed E-state index contributed by atoms with van der Waals surface area (Å²) < 4.78 is 19.2. The van der Waals surface area contributed by atoms with Crippen LogP contribution < -0.4 is 5.32 Å². The molecule has 7 heteroatoms. The van der Waals surface area contributed by atoms with Crippen molar-refractivity contribution in [1.29, 1.82) is 0 Å². The van der Waals surface area contributed by atoms with E-state index in [0.717, 1.165) is 89.3 Å². The van der Waals surface area contributed by atoms with Gasteiger partial charge in [0, 0.05) is 38.9 Å². The molecule has 0 bridgehead atoms. The molecule has 2 unspecified atom stereocenters. The highest BCUT2D eigenvalue weighted by atomic mass is 19.1. The Labute approximate surface area is 239 Å². The van der Waals surface area contributed by atoms with Crippen molar-refractivity contribution in [2.24, 2.45) is 11.3 Å². The number of rotatable bonds is 10. The maximum absolute atomic E-state index is 13.3. The third kappa shape index (κ3) is 8.25. The van der Waals surface area contributed by atoms with Crippen molar-refractivity contribution in [3.05, 3.63) is 47.3 Å². The Bertz CT molecular complexity index is 1070. The maximum Gasteiger partial charge on any atom is 0.312 e. The van der Waals surface area contributed by atoms with Crippen LogP contribution in [-0.4, -0.2) is 53.8 Å². The average Bonchev–Trinajstić information content (AvgIpc) is 3.03. The number of esters is 1. The number of carbonyl (C=O) groups excluding carboxylic acids is 3. The largest absolute Gasteiger partial charge is 0.462 e. The molecule has 1 saturated carbocycles. The molecule has 40 heavy (non-hydrogen) atoms. The molecule has 2 heterocycles. The summed E-state index contributed by atoms with van der Waals surface area (Å²) in [5.74, 6) is 0.127. The zero-order chi connectivity index (χ0) is 28.7. The third-order valence-electron chi connectivity index (χ3n) is 9.44. The first-order valence-corrected chi connectivity index (χ1v) is 15.3. The summed E-state index contributed by atoms with van der Waals surface area (Å²) in [5.41, 5.74) is 2.20. The quantitative estimate of drug-likeness (QED) is 0.287. The molecule has 6 nitrogen and oxygen atoms in total. The summed E-state index contributed by atoms with van der Waals surface area (Å²) in [7, 11) is 0. The molecule has 2 fully saturated rings. The molecule has 1 aromatic rings. The standard InChI is InChI=1S/C33H47FN2O4/c1-23-20-28(21-27-8-11-29(34)12-9-27)7-5-18-36(23)19-15-30-22-33(32(39)40-30)16-4-6-26(14-17-33)10-13-31(38)24(2)35-25(3)37/h7-9,11-12,23-24,26,30H,4-6,10,13-22H2,1-3H3,(H,35,37)/t23-,24-,26?,30-,33?/m0/s1. The van der Waals surface area contributed by atoms with Crippen molar-refractivity contribution in [1.82, 2.24) is 10.2 Å². The highest BCUT2D eigenvalue weighted by Crippen LogP contribution is 2.47. The van der Waals surface area contributed by atoms with Crippen LogP contribution in [0.25, 0.3) is 0 Å². The van der Waals surface area contributed by atoms with Gasteiger partial charge in [-0.15, -0.1) is 0 Å². The first kappa shape index (κ1) is 30.4. The molecule has 2 aliphatic heterocycles. The number of hydrogen-bond acceptors (Lipinski definition) is 5. The Hall–Kier alpha value is -2.54. The summed E-state index contributed by atoms with van der Waals surface area (Å²) in [5, 5.41) is 2.68. The van der Waals surface area contributed by atoms with Crippen LogP contribution >= 0.6 is 0 Å². The molecule has 5 atom stereocenters. The normalized spacial score (nSPS) is 28.4. The SMILES string of the molecule is CC(=O)N[C@@H](C)C(=O)CCC1CCCC2(CC1)C[C@H](CCN1CCC=C(Cc3ccc(F)cc3)C[C@@H]1C)OC2=O. The maximum atomic E-state index is 13.3. The van der Waals surface area contributed by atoms with Gasteiger partial charge in [0.25, 0.3) is 0 Å². The van der Waals surface area contributed by atoms with Gasteiger partial charge in [-0.25, -0.2) is 4.39 Å². The van der Waals surface area contributed by atoms with Gasteiger partial charge in [-0.1, -0.05) is 36.6 Å². The first-order chi connectivity index (χ1) is 19.1. The second-order valence-corrected chi connectivity index (χ2v) is 12.6. The van der Waals surface area contributed by atoms with E-state index in [0.29, 0.717) is 18.4 Å². The fraction of sp³-hybridized carbons (Fsp3) is 0.667. The predicted octanol–water partition coefficient (Wildman–Crippen LogP) is 5.93. The van der Waals surface area contributed by atoms with Gasteiger partial charge >= 0.3 is 5.97 Å². The summed E-state index contributed by atoms with van der Waals surface area (Å²) in [6, 6.07) is 6.78. The van der Waals surface area contributed by atoms with Crippen molar-refractivity contribution in [3.63, 3.8) is 0 Å². The van der Waals surface area contributed by atoms with E-state index in [2.05, 4.69) is 23.2 Å². The molecule has 1 aromatic carbocycles. The number of ether oxygens (including phenoxy) is 1. The predicted molar refractivity (Wildman–Crippen MR) is 154 cm³/mol. The highest BCUT2D eigenvalue weighted by molar-refractivity contribution is 5.88. The van der Waals surface area contributed by atoms with Gasteiger partial charge in [0.15, 0.2) is 5.78 Å². The Morgan fingerprint density at radius 1 is 1.18 bits per heavy atom. The fourth-order valence-corrected chi connectivity index (χ4v) is 7.02. The van der Waals surface area contributed by atoms with Gasteiger partial charge in [0.05, 0.1) is 11.5 Å². The number of benzene rings is 1. The van der Waals surface area contributed by atoms with Crippen LogP contribution in [0.2, 0.25) is 0 Å². The molecule has 1 N–H and O–H groups in total. The Morgan fingerprint density at radius 2 is 1.95 bits per heavy atom. The Balaban J connectivity index is 1.22. The minimum atomic E-state index is -0.440. The molecular formula is C33H47FN2O4. The van der Waals surface area contributed by atoms with Gasteiger partial charge in [-0.2, -0.15) is 0 Å². The molecule has 1 amide bonds. The summed E-state index contributed by atoms with van der Waals surface area (Å²) in [6.07, 6.45) is 12.9. The minimum Gasteiger partial charge on any atom is -0.462 e. The summed E-state index contributed by atoms with van der Waals surface area (Å²) in [6.45, 7) is 7.38. The van der Waals surface area contributed by atoms with Gasteiger partial charge in [0.1, 0.15) is 11.9 Å². The second-order valence-electron chi connectivity index (χ2n) is 12.6. The van der Waals surface area contributed by atoms with Crippen molar-refractivity contribution >= 4 is 17.7 Å². The van der Waals surface area contributed by atoms with Crippen LogP contribution in [0.5, 0.6) is 0 Å². The van der Waals surface area contributed by atoms with E-state index in [1.54, 1.807) is 6.92 Å². The van der Waals surface area contributed by atoms with Crippen molar-refractivity contribution in [2.75, 3.05) is 13.1 Å². The summed E-state index contributed by atoms with van der Waals surface area (Å²) >= 11 is 0. The number of nitrogens with one attached hydrogen (secondary N) is 1. The molecule has 0 radical (unpaired) electrons. The lowest BCUT2D eigenvalue weighted by atomic mass is 9.77. The van der Waals surface area contributed by atoms with E-state index >= 15 is 0 Å². The van der Waals surface area contributed by atoms with Gasteiger partial charge in [-0.3, -0.25) is 19.3 Å². The number of halogens is 1. The third-order valence-corrected chi connectivity index (χ3v) is 9.44. The van der Waals surface area contributed by atoms with Crippen molar-refractivity contribution < 1.29 is 23.5 Å². The van der Waals surface area contributed by atoms with Crippen molar-refractivity contribution in [3.8, 4) is 0 Å². The minimum absolute atomic E-state index is 0.0133. The molecule has 1 spiro atoms. The average molecular weight is 555 g/mol. The number of Topliss-reactive ketones (excluding diaryl/α,β-unsaturated/α-hetero) is 1. The van der Waals surface area contributed by atoms with Crippen LogP contribution in [0.1, 0.15) is 97.0 Å². The number of cyclic esters (lactones) is 1. The van der Waals surface area contributed by atoms with E-state index in [4.69, 9.17) is 4.74 Å². The van der Waals surface area contributed by atoms with Crippen molar-refractivity contribution in [2.45, 2.75) is 116 Å². The first-order valence-electron chi connectivity index (χ1n) is 15.3. The lowest BCUT2D eigenvalue weighted by Gasteiger charge is -2.28. The van der Waals surface area contributed by atoms with Gasteiger partial charge in [-0.05, 0) is 88.8 Å². The van der Waals surface area contributed by atoms with Crippen LogP contribution in [-0.2, 0) is 25.5 Å². The van der Waals surface area contributed by atoms with E-state index in [9.17, 15) is 18.8 Å². The molecule has 3 aliphatic rings. The molecule has 1 aliphatic carbocycles. The monoisotopic (exact) mass is 554 g/mol. The number of nitrogens with zero attached hydrogens (tertiary/aromatic N) is 1. The highest BCUT2D eigenvalue weighted by Gasteiger charge is 2.49.